The van der Waals surface area contributed by atoms with Crippen LogP contribution in [0.25, 0.3) is 0 Å². The largest absolute Gasteiger partial charge is 0.405 e. The van der Waals surface area contributed by atoms with Crippen LogP contribution in [0.15, 0.2) is 18.2 Å². The SMILES string of the molecule is CCNCc1ccc(Cl)cc1N(CCO)CC(F)(F)F. The molecule has 0 fully saturated rings. The predicted octanol–water partition coefficient (Wildman–Crippen LogP) is 2.81. The fourth-order valence-corrected chi connectivity index (χ4v) is 2.03. The number of aliphatic hydroxyl groups is 1. The summed E-state index contributed by atoms with van der Waals surface area (Å²) in [6.45, 7) is 1.50. The summed E-state index contributed by atoms with van der Waals surface area (Å²) in [5.41, 5.74) is 1.11. The van der Waals surface area contributed by atoms with Crippen molar-refractivity contribution < 1.29 is 18.3 Å². The smallest absolute Gasteiger partial charge is 0.395 e. The van der Waals surface area contributed by atoms with Crippen LogP contribution >= 0.6 is 11.6 Å². The van der Waals surface area contributed by atoms with Gasteiger partial charge in [-0.1, -0.05) is 24.6 Å². The number of anilines is 1. The van der Waals surface area contributed by atoms with Gasteiger partial charge in [0, 0.05) is 23.8 Å². The molecule has 20 heavy (non-hydrogen) atoms. The molecular formula is C13H18ClF3N2O. The molecule has 0 amide bonds. The molecular weight excluding hydrogens is 293 g/mol. The Kier molecular flexibility index (Phi) is 6.58. The first-order valence-corrected chi connectivity index (χ1v) is 6.67. The number of hydrogen-bond acceptors (Lipinski definition) is 3. The van der Waals surface area contributed by atoms with Crippen LogP contribution < -0.4 is 10.2 Å². The Balaban J connectivity index is 3.06. The van der Waals surface area contributed by atoms with Crippen LogP contribution in [0.2, 0.25) is 5.02 Å². The van der Waals surface area contributed by atoms with E-state index in [9.17, 15) is 13.2 Å². The van der Waals surface area contributed by atoms with Gasteiger partial charge in [-0.15, -0.1) is 0 Å². The first-order valence-electron chi connectivity index (χ1n) is 6.29. The lowest BCUT2D eigenvalue weighted by molar-refractivity contribution is -0.119. The van der Waals surface area contributed by atoms with E-state index in [1.54, 1.807) is 12.1 Å². The molecule has 0 aliphatic heterocycles. The van der Waals surface area contributed by atoms with Gasteiger partial charge in [0.2, 0.25) is 0 Å². The molecule has 0 bridgehead atoms. The van der Waals surface area contributed by atoms with Crippen molar-refractivity contribution in [3.8, 4) is 0 Å². The number of nitrogens with zero attached hydrogens (tertiary/aromatic N) is 1. The lowest BCUT2D eigenvalue weighted by Crippen LogP contribution is -2.37. The molecule has 2 N–H and O–H groups in total. The van der Waals surface area contributed by atoms with Gasteiger partial charge in [0.25, 0.3) is 0 Å². The molecule has 0 spiro atoms. The summed E-state index contributed by atoms with van der Waals surface area (Å²) in [6.07, 6.45) is -4.34. The Hall–Kier alpha value is -0.980. The summed E-state index contributed by atoms with van der Waals surface area (Å²) >= 11 is 5.88. The minimum Gasteiger partial charge on any atom is -0.395 e. The highest BCUT2D eigenvalue weighted by Crippen LogP contribution is 2.28. The first-order chi connectivity index (χ1) is 9.37. The van der Waals surface area contributed by atoms with E-state index in [4.69, 9.17) is 16.7 Å². The molecule has 0 saturated carbocycles. The van der Waals surface area contributed by atoms with Crippen molar-refractivity contribution >= 4 is 17.3 Å². The van der Waals surface area contributed by atoms with Crippen molar-refractivity contribution in [2.24, 2.45) is 0 Å². The van der Waals surface area contributed by atoms with E-state index >= 15 is 0 Å². The Morgan fingerprint density at radius 1 is 1.35 bits per heavy atom. The minimum absolute atomic E-state index is 0.0982. The second-order valence-corrected chi connectivity index (χ2v) is 4.75. The summed E-state index contributed by atoms with van der Waals surface area (Å²) in [7, 11) is 0. The van der Waals surface area contributed by atoms with Crippen LogP contribution in [0.4, 0.5) is 18.9 Å². The number of nitrogens with one attached hydrogen (secondary N) is 1. The third-order valence-electron chi connectivity index (χ3n) is 2.69. The Bertz CT molecular complexity index is 427. The Labute approximate surface area is 121 Å². The fourth-order valence-electron chi connectivity index (χ4n) is 1.86. The molecule has 1 aromatic carbocycles. The standard InChI is InChI=1S/C13H18ClF3N2O/c1-2-18-8-10-3-4-11(14)7-12(10)19(5-6-20)9-13(15,16)17/h3-4,7,18,20H,2,5-6,8-9H2,1H3. The number of aliphatic hydroxyl groups excluding tert-OH is 1. The van der Waals surface area contributed by atoms with Crippen molar-refractivity contribution in [1.29, 1.82) is 0 Å². The zero-order valence-electron chi connectivity index (χ0n) is 11.2. The van der Waals surface area contributed by atoms with Gasteiger partial charge >= 0.3 is 6.18 Å². The van der Waals surface area contributed by atoms with E-state index in [0.29, 0.717) is 29.4 Å². The van der Waals surface area contributed by atoms with Gasteiger partial charge in [-0.2, -0.15) is 13.2 Å². The Morgan fingerprint density at radius 3 is 2.60 bits per heavy atom. The van der Waals surface area contributed by atoms with E-state index in [2.05, 4.69) is 5.32 Å². The summed E-state index contributed by atoms with van der Waals surface area (Å²) in [6, 6.07) is 4.83. The summed E-state index contributed by atoms with van der Waals surface area (Å²) < 4.78 is 37.9. The van der Waals surface area contributed by atoms with Crippen molar-refractivity contribution in [3.05, 3.63) is 28.8 Å². The van der Waals surface area contributed by atoms with Gasteiger partial charge in [0.05, 0.1) is 6.61 Å². The maximum atomic E-state index is 12.6. The third-order valence-corrected chi connectivity index (χ3v) is 2.93. The molecule has 0 radical (unpaired) electrons. The second-order valence-electron chi connectivity index (χ2n) is 4.31. The van der Waals surface area contributed by atoms with E-state index in [-0.39, 0.29) is 13.2 Å². The molecule has 1 rings (SSSR count). The number of hydrogen-bond donors (Lipinski definition) is 2. The summed E-state index contributed by atoms with van der Waals surface area (Å²) in [5.74, 6) is 0. The van der Waals surface area contributed by atoms with Gasteiger partial charge in [-0.05, 0) is 24.2 Å². The zero-order valence-corrected chi connectivity index (χ0v) is 11.9. The lowest BCUT2D eigenvalue weighted by atomic mass is 10.1. The molecule has 0 aliphatic carbocycles. The number of benzene rings is 1. The molecule has 7 heteroatoms. The molecule has 0 aromatic heterocycles. The fraction of sp³-hybridized carbons (Fsp3) is 0.538. The highest BCUT2D eigenvalue weighted by Gasteiger charge is 2.31. The average molecular weight is 311 g/mol. The molecule has 1 aromatic rings. The van der Waals surface area contributed by atoms with Crippen LogP contribution in [0.5, 0.6) is 0 Å². The predicted molar refractivity (Wildman–Crippen MR) is 74.2 cm³/mol. The highest BCUT2D eigenvalue weighted by atomic mass is 35.5. The number of alkyl halides is 3. The van der Waals surface area contributed by atoms with Gasteiger partial charge in [-0.25, -0.2) is 0 Å². The number of rotatable bonds is 7. The average Bonchev–Trinajstić information content (AvgIpc) is 2.35. The van der Waals surface area contributed by atoms with Gasteiger partial charge in [0.1, 0.15) is 6.54 Å². The van der Waals surface area contributed by atoms with Crippen molar-refractivity contribution in [2.75, 3.05) is 31.1 Å². The van der Waals surface area contributed by atoms with E-state index in [0.717, 1.165) is 4.90 Å². The summed E-state index contributed by atoms with van der Waals surface area (Å²) in [4.78, 5) is 1.10. The van der Waals surface area contributed by atoms with Crippen LogP contribution in [-0.2, 0) is 6.54 Å². The zero-order chi connectivity index (χ0) is 15.2. The maximum absolute atomic E-state index is 12.6. The quantitative estimate of drug-likeness (QED) is 0.813. The summed E-state index contributed by atoms with van der Waals surface area (Å²) in [5, 5.41) is 12.4. The second kappa shape index (κ2) is 7.71. The molecule has 0 atom stereocenters. The highest BCUT2D eigenvalue weighted by molar-refractivity contribution is 6.30. The van der Waals surface area contributed by atoms with E-state index in [1.165, 1.54) is 6.07 Å². The molecule has 0 unspecified atom stereocenters. The normalized spacial score (nSPS) is 11.7. The van der Waals surface area contributed by atoms with Crippen molar-refractivity contribution in [3.63, 3.8) is 0 Å². The van der Waals surface area contributed by atoms with Crippen LogP contribution in [-0.4, -0.2) is 37.5 Å². The van der Waals surface area contributed by atoms with Crippen LogP contribution in [0.3, 0.4) is 0 Å². The molecule has 0 aliphatic rings. The number of halogens is 4. The molecule has 0 heterocycles. The van der Waals surface area contributed by atoms with Gasteiger partial charge in [-0.3, -0.25) is 0 Å². The lowest BCUT2D eigenvalue weighted by Gasteiger charge is -2.27. The molecule has 3 nitrogen and oxygen atoms in total. The van der Waals surface area contributed by atoms with Crippen molar-refractivity contribution in [1.82, 2.24) is 5.32 Å². The first kappa shape index (κ1) is 17.1. The Morgan fingerprint density at radius 2 is 2.05 bits per heavy atom. The topological polar surface area (TPSA) is 35.5 Å². The van der Waals surface area contributed by atoms with Crippen LogP contribution in [0, 0.1) is 0 Å². The van der Waals surface area contributed by atoms with E-state index in [1.807, 2.05) is 6.92 Å². The van der Waals surface area contributed by atoms with Gasteiger partial charge in [0.15, 0.2) is 0 Å². The van der Waals surface area contributed by atoms with E-state index < -0.39 is 12.7 Å². The molecule has 0 saturated heterocycles. The van der Waals surface area contributed by atoms with Crippen LogP contribution in [0.1, 0.15) is 12.5 Å². The maximum Gasteiger partial charge on any atom is 0.405 e. The minimum atomic E-state index is -4.34. The molecule has 114 valence electrons. The third kappa shape index (κ3) is 5.56. The monoisotopic (exact) mass is 310 g/mol. The van der Waals surface area contributed by atoms with Crippen molar-refractivity contribution in [2.45, 2.75) is 19.6 Å². The van der Waals surface area contributed by atoms with Gasteiger partial charge < -0.3 is 15.3 Å².